The predicted molar refractivity (Wildman–Crippen MR) is 132 cm³/mol. The quantitative estimate of drug-likeness (QED) is 0.294. The number of anilines is 2. The van der Waals surface area contributed by atoms with Gasteiger partial charge in [0.25, 0.3) is 0 Å². The molecule has 0 amide bonds. The van der Waals surface area contributed by atoms with Crippen LogP contribution in [0.25, 0.3) is 0 Å². The van der Waals surface area contributed by atoms with Crippen molar-refractivity contribution in [2.45, 2.75) is 26.4 Å². The van der Waals surface area contributed by atoms with Crippen molar-refractivity contribution in [2.75, 3.05) is 29.9 Å². The van der Waals surface area contributed by atoms with Gasteiger partial charge in [-0.1, -0.05) is 22.0 Å². The Labute approximate surface area is 192 Å². The largest absolute Gasteiger partial charge is 0.491 e. The molecule has 1 unspecified atom stereocenters. The molecule has 1 aliphatic rings. The third-order valence-electron chi connectivity index (χ3n) is 4.48. The number of rotatable bonds is 6. The van der Waals surface area contributed by atoms with Crippen molar-refractivity contribution in [1.29, 1.82) is 0 Å². The number of aliphatic imine (C=N–C) groups is 1. The lowest BCUT2D eigenvalue weighted by atomic mass is 10.1. The fraction of sp³-hybridized carbons (Fsp3) is 0.381. The Morgan fingerprint density at radius 3 is 2.71 bits per heavy atom. The lowest BCUT2D eigenvalue weighted by Crippen LogP contribution is -2.25. The molecule has 1 heterocycles. The fourth-order valence-corrected chi connectivity index (χ4v) is 3.58. The van der Waals surface area contributed by atoms with Gasteiger partial charge in [-0.15, -0.1) is 24.0 Å². The van der Waals surface area contributed by atoms with E-state index in [0.29, 0.717) is 11.9 Å². The van der Waals surface area contributed by atoms with E-state index < -0.39 is 0 Å². The molecule has 2 aromatic rings. The Bertz CT molecular complexity index is 782. The number of nitrogens with one attached hydrogen (secondary N) is 1. The van der Waals surface area contributed by atoms with Gasteiger partial charge in [0.1, 0.15) is 5.75 Å². The van der Waals surface area contributed by atoms with Crippen LogP contribution in [0, 0.1) is 5.92 Å². The van der Waals surface area contributed by atoms with E-state index in [4.69, 9.17) is 10.5 Å². The average Bonchev–Trinajstić information content (AvgIpc) is 3.10. The van der Waals surface area contributed by atoms with Crippen LogP contribution in [-0.4, -0.2) is 31.7 Å². The molecule has 5 nitrogen and oxygen atoms in total. The number of hydrogen-bond donors (Lipinski definition) is 2. The highest BCUT2D eigenvalue weighted by atomic mass is 127. The topological polar surface area (TPSA) is 62.9 Å². The predicted octanol–water partition coefficient (Wildman–Crippen LogP) is 5.11. The van der Waals surface area contributed by atoms with E-state index in [0.717, 1.165) is 42.0 Å². The molecule has 28 heavy (non-hydrogen) atoms. The maximum atomic E-state index is 6.06. The van der Waals surface area contributed by atoms with Crippen molar-refractivity contribution in [3.8, 4) is 5.75 Å². The molecule has 1 saturated heterocycles. The van der Waals surface area contributed by atoms with Crippen LogP contribution < -0.4 is 20.7 Å². The molecule has 1 atom stereocenters. The molecular weight excluding hydrogens is 531 g/mol. The van der Waals surface area contributed by atoms with E-state index in [1.165, 1.54) is 5.69 Å². The van der Waals surface area contributed by atoms with Crippen LogP contribution >= 0.6 is 39.9 Å². The summed E-state index contributed by atoms with van der Waals surface area (Å²) in [5.74, 6) is 1.82. The number of ether oxygens (including phenoxy) is 1. The van der Waals surface area contributed by atoms with Crippen LogP contribution in [0.3, 0.4) is 0 Å². The Balaban J connectivity index is 0.00000280. The molecule has 0 aliphatic carbocycles. The summed E-state index contributed by atoms with van der Waals surface area (Å²) in [7, 11) is 0. The summed E-state index contributed by atoms with van der Waals surface area (Å²) in [6.07, 6.45) is 1.29. The first-order chi connectivity index (χ1) is 13.0. The van der Waals surface area contributed by atoms with Crippen LogP contribution in [0.5, 0.6) is 5.75 Å². The lowest BCUT2D eigenvalue weighted by Gasteiger charge is -2.18. The molecule has 3 N–H and O–H groups in total. The molecule has 2 aromatic carbocycles. The number of nitrogens with two attached hydrogens (primary N) is 1. The number of hydrogen-bond acceptors (Lipinski definition) is 3. The van der Waals surface area contributed by atoms with Crippen molar-refractivity contribution in [3.05, 3.63) is 53.0 Å². The van der Waals surface area contributed by atoms with E-state index in [1.54, 1.807) is 0 Å². The van der Waals surface area contributed by atoms with Gasteiger partial charge in [-0.2, -0.15) is 0 Å². The number of benzene rings is 2. The van der Waals surface area contributed by atoms with E-state index in [1.807, 2.05) is 38.1 Å². The van der Waals surface area contributed by atoms with Gasteiger partial charge in [0.2, 0.25) is 0 Å². The van der Waals surface area contributed by atoms with Gasteiger partial charge in [0, 0.05) is 35.5 Å². The smallest absolute Gasteiger partial charge is 0.193 e. The SMILES string of the molecule is CC(C)Oc1ccc(NC(N)=NCC2CCN(c3cccc(Br)c3)C2)cc1.I. The Hall–Kier alpha value is -1.48. The first-order valence-electron chi connectivity index (χ1n) is 9.34. The van der Waals surface area contributed by atoms with E-state index in [-0.39, 0.29) is 30.1 Å². The summed E-state index contributed by atoms with van der Waals surface area (Å²) in [5.41, 5.74) is 8.22. The summed E-state index contributed by atoms with van der Waals surface area (Å²) in [6, 6.07) is 16.2. The third-order valence-corrected chi connectivity index (χ3v) is 4.97. The summed E-state index contributed by atoms with van der Waals surface area (Å²) in [4.78, 5) is 6.94. The summed E-state index contributed by atoms with van der Waals surface area (Å²) >= 11 is 3.54. The van der Waals surface area contributed by atoms with Crippen molar-refractivity contribution in [1.82, 2.24) is 0 Å². The summed E-state index contributed by atoms with van der Waals surface area (Å²) in [5, 5.41) is 3.15. The van der Waals surface area contributed by atoms with Crippen LogP contribution in [0.15, 0.2) is 58.0 Å². The van der Waals surface area contributed by atoms with Crippen LogP contribution in [0.4, 0.5) is 11.4 Å². The van der Waals surface area contributed by atoms with Crippen molar-refractivity contribution >= 4 is 57.2 Å². The molecule has 152 valence electrons. The highest BCUT2D eigenvalue weighted by Gasteiger charge is 2.22. The molecule has 3 rings (SSSR count). The van der Waals surface area contributed by atoms with E-state index >= 15 is 0 Å². The molecule has 0 aromatic heterocycles. The van der Waals surface area contributed by atoms with E-state index in [9.17, 15) is 0 Å². The molecule has 1 fully saturated rings. The zero-order valence-electron chi connectivity index (χ0n) is 16.3. The fourth-order valence-electron chi connectivity index (χ4n) is 3.19. The molecule has 0 spiro atoms. The first kappa shape index (κ1) is 22.8. The van der Waals surface area contributed by atoms with Gasteiger partial charge in [-0.25, -0.2) is 0 Å². The summed E-state index contributed by atoms with van der Waals surface area (Å²) in [6.45, 7) is 6.82. The molecule has 0 bridgehead atoms. The highest BCUT2D eigenvalue weighted by Crippen LogP contribution is 2.26. The van der Waals surface area contributed by atoms with Gasteiger partial charge < -0.3 is 20.7 Å². The van der Waals surface area contributed by atoms with Gasteiger partial charge in [-0.3, -0.25) is 4.99 Å². The monoisotopic (exact) mass is 558 g/mol. The van der Waals surface area contributed by atoms with Crippen molar-refractivity contribution in [2.24, 2.45) is 16.6 Å². The van der Waals surface area contributed by atoms with Crippen LogP contribution in [0.2, 0.25) is 0 Å². The lowest BCUT2D eigenvalue weighted by molar-refractivity contribution is 0.242. The second-order valence-electron chi connectivity index (χ2n) is 7.12. The minimum atomic E-state index is 0. The molecule has 7 heteroatoms. The Morgan fingerprint density at radius 1 is 1.29 bits per heavy atom. The number of halogens is 2. The standard InChI is InChI=1S/C21H27BrN4O.HI/c1-15(2)27-20-8-6-18(7-9-20)25-21(23)24-13-16-10-11-26(14-16)19-5-3-4-17(22)12-19;/h3-9,12,15-16H,10-11,13-14H2,1-2H3,(H3,23,24,25);1H. The molecule has 0 saturated carbocycles. The zero-order valence-corrected chi connectivity index (χ0v) is 20.2. The second kappa shape index (κ2) is 10.9. The van der Waals surface area contributed by atoms with E-state index in [2.05, 4.69) is 55.4 Å². The zero-order chi connectivity index (χ0) is 19.2. The summed E-state index contributed by atoms with van der Waals surface area (Å²) < 4.78 is 6.76. The maximum Gasteiger partial charge on any atom is 0.193 e. The molecular formula is C21H28BrIN4O. The average molecular weight is 559 g/mol. The van der Waals surface area contributed by atoms with Crippen LogP contribution in [0.1, 0.15) is 20.3 Å². The van der Waals surface area contributed by atoms with Gasteiger partial charge >= 0.3 is 0 Å². The molecule has 1 aliphatic heterocycles. The molecule has 0 radical (unpaired) electrons. The maximum absolute atomic E-state index is 6.06. The Kier molecular flexibility index (Phi) is 8.88. The van der Waals surface area contributed by atoms with Crippen LogP contribution in [-0.2, 0) is 0 Å². The first-order valence-corrected chi connectivity index (χ1v) is 10.1. The second-order valence-corrected chi connectivity index (χ2v) is 8.04. The number of nitrogens with zero attached hydrogens (tertiary/aromatic N) is 2. The third kappa shape index (κ3) is 6.84. The van der Waals surface area contributed by atoms with Crippen molar-refractivity contribution in [3.63, 3.8) is 0 Å². The normalized spacial score (nSPS) is 16.8. The van der Waals surface area contributed by atoms with Gasteiger partial charge in [0.05, 0.1) is 6.10 Å². The van der Waals surface area contributed by atoms with Gasteiger partial charge in [0.15, 0.2) is 5.96 Å². The minimum Gasteiger partial charge on any atom is -0.491 e. The highest BCUT2D eigenvalue weighted by molar-refractivity contribution is 14.0. The van der Waals surface area contributed by atoms with Gasteiger partial charge in [-0.05, 0) is 68.7 Å². The Morgan fingerprint density at radius 2 is 2.04 bits per heavy atom. The van der Waals surface area contributed by atoms with Crippen molar-refractivity contribution < 1.29 is 4.74 Å². The number of guanidine groups is 1. The minimum absolute atomic E-state index is 0.